The zero-order valence-corrected chi connectivity index (χ0v) is 12.7. The Labute approximate surface area is 118 Å². The molecule has 0 bridgehead atoms. The van der Waals surface area contributed by atoms with Crippen LogP contribution in [0.15, 0.2) is 0 Å². The first-order chi connectivity index (χ1) is 9.29. The van der Waals surface area contributed by atoms with E-state index in [1.165, 1.54) is 51.5 Å². The molecule has 2 aliphatic rings. The molecule has 0 spiro atoms. The maximum atomic E-state index is 5.92. The molecule has 0 aromatic carbocycles. The summed E-state index contributed by atoms with van der Waals surface area (Å²) >= 11 is 0. The Morgan fingerprint density at radius 1 is 1.16 bits per heavy atom. The summed E-state index contributed by atoms with van der Waals surface area (Å²) in [5.41, 5.74) is 0.564. The van der Waals surface area contributed by atoms with Crippen molar-refractivity contribution in [3.8, 4) is 0 Å². The summed E-state index contributed by atoms with van der Waals surface area (Å²) in [4.78, 5) is 0. The fraction of sp³-hybridized carbons (Fsp3) is 1.00. The first-order valence-corrected chi connectivity index (χ1v) is 8.32. The third-order valence-corrected chi connectivity index (χ3v) is 4.75. The van der Waals surface area contributed by atoms with Gasteiger partial charge in [0.15, 0.2) is 0 Å². The minimum absolute atomic E-state index is 0.511. The van der Waals surface area contributed by atoms with Crippen molar-refractivity contribution in [3.63, 3.8) is 0 Å². The van der Waals surface area contributed by atoms with Gasteiger partial charge < -0.3 is 15.4 Å². The van der Waals surface area contributed by atoms with Gasteiger partial charge in [0.25, 0.3) is 0 Å². The van der Waals surface area contributed by atoms with Gasteiger partial charge in [-0.2, -0.15) is 0 Å². The third kappa shape index (κ3) is 5.80. The summed E-state index contributed by atoms with van der Waals surface area (Å²) in [7, 11) is 0. The predicted octanol–water partition coefficient (Wildman–Crippen LogP) is 2.71. The van der Waals surface area contributed by atoms with Crippen LogP contribution in [0.3, 0.4) is 0 Å². The van der Waals surface area contributed by atoms with E-state index >= 15 is 0 Å². The fourth-order valence-corrected chi connectivity index (χ4v) is 3.38. The van der Waals surface area contributed by atoms with Gasteiger partial charge in [-0.1, -0.05) is 26.2 Å². The average Bonchev–Trinajstić information content (AvgIpc) is 2.44. The van der Waals surface area contributed by atoms with Crippen molar-refractivity contribution < 1.29 is 4.74 Å². The van der Waals surface area contributed by atoms with Gasteiger partial charge in [-0.15, -0.1) is 0 Å². The molecule has 19 heavy (non-hydrogen) atoms. The van der Waals surface area contributed by atoms with Crippen LogP contribution >= 0.6 is 0 Å². The Bertz CT molecular complexity index is 233. The summed E-state index contributed by atoms with van der Waals surface area (Å²) in [6.45, 7) is 7.93. The van der Waals surface area contributed by atoms with Crippen molar-refractivity contribution in [2.75, 3.05) is 32.8 Å². The van der Waals surface area contributed by atoms with Crippen molar-refractivity contribution in [2.24, 2.45) is 5.41 Å². The van der Waals surface area contributed by atoms with Gasteiger partial charge in [-0.25, -0.2) is 0 Å². The highest BCUT2D eigenvalue weighted by Crippen LogP contribution is 2.34. The van der Waals surface area contributed by atoms with Gasteiger partial charge in [0.05, 0.1) is 6.10 Å². The van der Waals surface area contributed by atoms with Crippen molar-refractivity contribution in [1.82, 2.24) is 10.6 Å². The number of rotatable bonds is 7. The molecular weight excluding hydrogens is 236 g/mol. The highest BCUT2D eigenvalue weighted by atomic mass is 16.5. The van der Waals surface area contributed by atoms with Gasteiger partial charge in [0, 0.05) is 13.2 Å². The highest BCUT2D eigenvalue weighted by molar-refractivity contribution is 4.80. The van der Waals surface area contributed by atoms with Crippen LogP contribution in [-0.2, 0) is 4.74 Å². The van der Waals surface area contributed by atoms with E-state index < -0.39 is 0 Å². The van der Waals surface area contributed by atoms with E-state index in [-0.39, 0.29) is 0 Å². The highest BCUT2D eigenvalue weighted by Gasteiger charge is 2.25. The molecule has 1 aliphatic heterocycles. The van der Waals surface area contributed by atoms with Gasteiger partial charge in [0.2, 0.25) is 0 Å². The molecule has 2 N–H and O–H groups in total. The first-order valence-electron chi connectivity index (χ1n) is 8.32. The van der Waals surface area contributed by atoms with Crippen LogP contribution in [0.2, 0.25) is 0 Å². The lowest BCUT2D eigenvalue weighted by Crippen LogP contribution is -2.35. The van der Waals surface area contributed by atoms with Gasteiger partial charge in [-0.05, 0) is 57.2 Å². The van der Waals surface area contributed by atoms with Crippen LogP contribution in [0.25, 0.3) is 0 Å². The van der Waals surface area contributed by atoms with E-state index in [9.17, 15) is 0 Å². The summed E-state index contributed by atoms with van der Waals surface area (Å²) in [5.74, 6) is 0. The molecule has 1 saturated heterocycles. The number of ether oxygens (including phenoxy) is 1. The van der Waals surface area contributed by atoms with Crippen LogP contribution in [0.5, 0.6) is 0 Å². The first kappa shape index (κ1) is 15.3. The van der Waals surface area contributed by atoms with Crippen molar-refractivity contribution >= 4 is 0 Å². The Morgan fingerprint density at radius 2 is 1.89 bits per heavy atom. The van der Waals surface area contributed by atoms with E-state index in [1.807, 2.05) is 0 Å². The maximum absolute atomic E-state index is 5.92. The summed E-state index contributed by atoms with van der Waals surface area (Å²) in [6.07, 6.45) is 11.2. The van der Waals surface area contributed by atoms with E-state index in [0.29, 0.717) is 11.5 Å². The number of nitrogens with one attached hydrogen (secondary N) is 2. The molecule has 0 amide bonds. The van der Waals surface area contributed by atoms with E-state index in [2.05, 4.69) is 17.6 Å². The van der Waals surface area contributed by atoms with Gasteiger partial charge in [-0.3, -0.25) is 0 Å². The third-order valence-electron chi connectivity index (χ3n) is 4.75. The quantitative estimate of drug-likeness (QED) is 0.697. The van der Waals surface area contributed by atoms with E-state index in [4.69, 9.17) is 4.74 Å². The smallest absolute Gasteiger partial charge is 0.0599 e. The molecule has 3 heteroatoms. The topological polar surface area (TPSA) is 33.3 Å². The minimum atomic E-state index is 0.511. The molecule has 112 valence electrons. The zero-order chi connectivity index (χ0) is 13.4. The number of piperidine rings is 1. The molecule has 1 heterocycles. The second-order valence-corrected chi connectivity index (χ2v) is 6.72. The molecular formula is C16H32N2O. The number of hydrogen-bond acceptors (Lipinski definition) is 3. The fourth-order valence-electron chi connectivity index (χ4n) is 3.38. The molecule has 0 atom stereocenters. The van der Waals surface area contributed by atoms with Gasteiger partial charge >= 0.3 is 0 Å². The molecule has 2 fully saturated rings. The Balaban J connectivity index is 1.45. The van der Waals surface area contributed by atoms with Crippen molar-refractivity contribution in [2.45, 2.75) is 64.4 Å². The summed E-state index contributed by atoms with van der Waals surface area (Å²) in [5, 5.41) is 7.01. The lowest BCUT2D eigenvalue weighted by molar-refractivity contribution is 0.0314. The lowest BCUT2D eigenvalue weighted by atomic mass is 9.76. The normalized spacial score (nSPS) is 24.5. The van der Waals surface area contributed by atoms with Crippen LogP contribution in [-0.4, -0.2) is 38.9 Å². The maximum Gasteiger partial charge on any atom is 0.0599 e. The Hall–Kier alpha value is -0.120. The predicted molar refractivity (Wildman–Crippen MR) is 80.5 cm³/mol. The molecule has 0 unspecified atom stereocenters. The number of hydrogen-bond donors (Lipinski definition) is 2. The monoisotopic (exact) mass is 268 g/mol. The second kappa shape index (κ2) is 8.23. The van der Waals surface area contributed by atoms with Crippen molar-refractivity contribution in [3.05, 3.63) is 0 Å². The Morgan fingerprint density at radius 3 is 2.63 bits per heavy atom. The average molecular weight is 268 g/mol. The molecule has 3 nitrogen and oxygen atoms in total. The van der Waals surface area contributed by atoms with Gasteiger partial charge in [0.1, 0.15) is 0 Å². The molecule has 0 aromatic heterocycles. The van der Waals surface area contributed by atoms with Crippen LogP contribution < -0.4 is 10.6 Å². The largest absolute Gasteiger partial charge is 0.378 e. The summed E-state index contributed by atoms with van der Waals surface area (Å²) in [6, 6.07) is 0. The van der Waals surface area contributed by atoms with Crippen molar-refractivity contribution in [1.29, 1.82) is 0 Å². The second-order valence-electron chi connectivity index (χ2n) is 6.72. The molecule has 1 saturated carbocycles. The Kier molecular flexibility index (Phi) is 6.62. The molecule has 2 rings (SSSR count). The SMILES string of the molecule is CC1(CNCCCOC2CCNCC2)CCCCC1. The summed E-state index contributed by atoms with van der Waals surface area (Å²) < 4.78 is 5.92. The molecule has 1 aliphatic carbocycles. The lowest BCUT2D eigenvalue weighted by Gasteiger charge is -2.33. The van der Waals surface area contributed by atoms with Crippen LogP contribution in [0, 0.1) is 5.41 Å². The van der Waals surface area contributed by atoms with Crippen LogP contribution in [0.1, 0.15) is 58.3 Å². The standard InChI is InChI=1S/C16H32N2O/c1-16(8-3-2-4-9-16)14-18-10-5-13-19-15-6-11-17-12-7-15/h15,17-18H,2-14H2,1H3. The van der Waals surface area contributed by atoms with E-state index in [0.717, 1.165) is 32.7 Å². The molecule has 0 radical (unpaired) electrons. The van der Waals surface area contributed by atoms with Crippen LogP contribution in [0.4, 0.5) is 0 Å². The zero-order valence-electron chi connectivity index (χ0n) is 12.7. The minimum Gasteiger partial charge on any atom is -0.378 e. The molecule has 0 aromatic rings. The van der Waals surface area contributed by atoms with E-state index in [1.54, 1.807) is 0 Å².